The average molecular weight is 435 g/mol. The molecule has 0 fully saturated rings. The standard InChI is InChI=1S/C20H14BrCl2NO/c21-16-5-1-15(2-6-16)13-25-18-8-3-14(4-9-18)12-24-17-7-10-19(22)20(23)11-17/h1-12H,13H2. The molecule has 3 rings (SSSR count). The van der Waals surface area contributed by atoms with Gasteiger partial charge >= 0.3 is 0 Å². The molecule has 0 saturated heterocycles. The van der Waals surface area contributed by atoms with Crippen LogP contribution in [0.3, 0.4) is 0 Å². The summed E-state index contributed by atoms with van der Waals surface area (Å²) in [6, 6.07) is 21.1. The summed E-state index contributed by atoms with van der Waals surface area (Å²) in [7, 11) is 0. The smallest absolute Gasteiger partial charge is 0.119 e. The van der Waals surface area contributed by atoms with Gasteiger partial charge < -0.3 is 4.74 Å². The second-order valence-corrected chi connectivity index (χ2v) is 7.07. The first-order chi connectivity index (χ1) is 12.1. The van der Waals surface area contributed by atoms with E-state index >= 15 is 0 Å². The summed E-state index contributed by atoms with van der Waals surface area (Å²) in [6.45, 7) is 0.532. The molecule has 0 aliphatic heterocycles. The molecule has 3 aromatic rings. The van der Waals surface area contributed by atoms with E-state index in [0.717, 1.165) is 27.0 Å². The summed E-state index contributed by atoms with van der Waals surface area (Å²) < 4.78 is 6.84. The minimum absolute atomic E-state index is 0.494. The Morgan fingerprint density at radius 1 is 0.880 bits per heavy atom. The van der Waals surface area contributed by atoms with Crippen molar-refractivity contribution in [3.8, 4) is 5.75 Å². The molecule has 0 aromatic heterocycles. The minimum Gasteiger partial charge on any atom is -0.489 e. The molecule has 0 aliphatic rings. The van der Waals surface area contributed by atoms with Crippen LogP contribution < -0.4 is 4.74 Å². The van der Waals surface area contributed by atoms with E-state index in [1.54, 1.807) is 18.3 Å². The Hall–Kier alpha value is -1.81. The maximum absolute atomic E-state index is 5.99. The van der Waals surface area contributed by atoms with Crippen LogP contribution in [0, 0.1) is 0 Å². The van der Waals surface area contributed by atoms with E-state index in [9.17, 15) is 0 Å². The van der Waals surface area contributed by atoms with Crippen LogP contribution in [-0.2, 0) is 6.61 Å². The van der Waals surface area contributed by atoms with Crippen LogP contribution in [0.1, 0.15) is 11.1 Å². The highest BCUT2D eigenvalue weighted by atomic mass is 79.9. The summed E-state index contributed by atoms with van der Waals surface area (Å²) in [5.74, 6) is 0.814. The summed E-state index contributed by atoms with van der Waals surface area (Å²) in [4.78, 5) is 4.40. The van der Waals surface area contributed by atoms with Crippen molar-refractivity contribution in [2.75, 3.05) is 0 Å². The van der Waals surface area contributed by atoms with Crippen LogP contribution >= 0.6 is 39.1 Å². The number of hydrogen-bond acceptors (Lipinski definition) is 2. The quantitative estimate of drug-likeness (QED) is 0.393. The van der Waals surface area contributed by atoms with Crippen molar-refractivity contribution >= 4 is 51.0 Å². The van der Waals surface area contributed by atoms with E-state index < -0.39 is 0 Å². The summed E-state index contributed by atoms with van der Waals surface area (Å²) in [5, 5.41) is 1.01. The molecule has 3 aromatic carbocycles. The summed E-state index contributed by atoms with van der Waals surface area (Å²) >= 11 is 15.3. The molecule has 0 amide bonds. The number of benzene rings is 3. The van der Waals surface area contributed by atoms with Crippen molar-refractivity contribution in [3.05, 3.63) is 92.4 Å². The Kier molecular flexibility index (Phi) is 6.14. The fourth-order valence-electron chi connectivity index (χ4n) is 2.11. The molecule has 0 atom stereocenters. The second-order valence-electron chi connectivity index (χ2n) is 5.34. The summed E-state index contributed by atoms with van der Waals surface area (Å²) in [5.41, 5.74) is 2.85. The Bertz CT molecular complexity index is 877. The van der Waals surface area contributed by atoms with Crippen LogP contribution in [-0.4, -0.2) is 6.21 Å². The van der Waals surface area contributed by atoms with E-state index in [1.165, 1.54) is 0 Å². The highest BCUT2D eigenvalue weighted by Crippen LogP contribution is 2.26. The van der Waals surface area contributed by atoms with Gasteiger partial charge in [0.2, 0.25) is 0 Å². The van der Waals surface area contributed by atoms with Gasteiger partial charge in [0.15, 0.2) is 0 Å². The first-order valence-electron chi connectivity index (χ1n) is 7.56. The molecule has 0 spiro atoms. The zero-order valence-electron chi connectivity index (χ0n) is 13.1. The Morgan fingerprint density at radius 3 is 2.28 bits per heavy atom. The van der Waals surface area contributed by atoms with E-state index in [1.807, 2.05) is 54.6 Å². The highest BCUT2D eigenvalue weighted by molar-refractivity contribution is 9.10. The normalized spacial score (nSPS) is 11.0. The van der Waals surface area contributed by atoms with Gasteiger partial charge in [-0.15, -0.1) is 0 Å². The Balaban J connectivity index is 1.60. The third-order valence-electron chi connectivity index (χ3n) is 3.46. The second kappa shape index (κ2) is 8.52. The molecule has 5 heteroatoms. The van der Waals surface area contributed by atoms with Crippen LogP contribution in [0.15, 0.2) is 76.2 Å². The number of ether oxygens (including phenoxy) is 1. The SMILES string of the molecule is Clc1ccc(N=Cc2ccc(OCc3ccc(Br)cc3)cc2)cc1Cl. The van der Waals surface area contributed by atoms with Crippen molar-refractivity contribution in [1.29, 1.82) is 0 Å². The zero-order valence-corrected chi connectivity index (χ0v) is 16.2. The molecule has 0 saturated carbocycles. The number of halogens is 3. The fourth-order valence-corrected chi connectivity index (χ4v) is 2.67. The first kappa shape index (κ1) is 18.0. The number of hydrogen-bond donors (Lipinski definition) is 0. The third-order valence-corrected chi connectivity index (χ3v) is 4.73. The van der Waals surface area contributed by atoms with Crippen LogP contribution in [0.25, 0.3) is 0 Å². The third kappa shape index (κ3) is 5.33. The van der Waals surface area contributed by atoms with E-state index in [4.69, 9.17) is 27.9 Å². The predicted molar refractivity (Wildman–Crippen MR) is 109 cm³/mol. The first-order valence-corrected chi connectivity index (χ1v) is 9.11. The largest absolute Gasteiger partial charge is 0.489 e. The average Bonchev–Trinajstić information content (AvgIpc) is 2.63. The lowest BCUT2D eigenvalue weighted by molar-refractivity contribution is 0.306. The maximum atomic E-state index is 5.99. The molecule has 2 nitrogen and oxygen atoms in total. The number of aliphatic imine (C=N–C) groups is 1. The molecule has 0 radical (unpaired) electrons. The summed E-state index contributed by atoms with van der Waals surface area (Å²) in [6.07, 6.45) is 1.78. The maximum Gasteiger partial charge on any atom is 0.119 e. The van der Waals surface area contributed by atoms with Gasteiger partial charge in [-0.05, 0) is 65.7 Å². The van der Waals surface area contributed by atoms with Gasteiger partial charge in [-0.3, -0.25) is 4.99 Å². The molecule has 0 bridgehead atoms. The lowest BCUT2D eigenvalue weighted by atomic mass is 10.2. The number of rotatable bonds is 5. The minimum atomic E-state index is 0.494. The Morgan fingerprint density at radius 2 is 1.60 bits per heavy atom. The molecule has 126 valence electrons. The van der Waals surface area contributed by atoms with Gasteiger partial charge in [0, 0.05) is 10.7 Å². The van der Waals surface area contributed by atoms with Crippen LogP contribution in [0.4, 0.5) is 5.69 Å². The molecular formula is C20H14BrCl2NO. The molecule has 25 heavy (non-hydrogen) atoms. The van der Waals surface area contributed by atoms with Crippen molar-refractivity contribution < 1.29 is 4.74 Å². The monoisotopic (exact) mass is 433 g/mol. The van der Waals surface area contributed by atoms with Crippen molar-refractivity contribution in [3.63, 3.8) is 0 Å². The molecule has 0 heterocycles. The van der Waals surface area contributed by atoms with E-state index in [-0.39, 0.29) is 0 Å². The van der Waals surface area contributed by atoms with Crippen molar-refractivity contribution in [1.82, 2.24) is 0 Å². The van der Waals surface area contributed by atoms with Gasteiger partial charge in [0.25, 0.3) is 0 Å². The van der Waals surface area contributed by atoms with Crippen LogP contribution in [0.5, 0.6) is 5.75 Å². The van der Waals surface area contributed by atoms with Crippen molar-refractivity contribution in [2.24, 2.45) is 4.99 Å². The lowest BCUT2D eigenvalue weighted by Crippen LogP contribution is -1.95. The zero-order chi connectivity index (χ0) is 17.6. The lowest BCUT2D eigenvalue weighted by Gasteiger charge is -2.06. The van der Waals surface area contributed by atoms with Gasteiger partial charge in [0.1, 0.15) is 12.4 Å². The molecule has 0 N–H and O–H groups in total. The highest BCUT2D eigenvalue weighted by Gasteiger charge is 1.99. The van der Waals surface area contributed by atoms with E-state index in [0.29, 0.717) is 16.7 Å². The van der Waals surface area contributed by atoms with Gasteiger partial charge in [-0.1, -0.05) is 51.3 Å². The Labute approximate surface area is 165 Å². The number of nitrogens with zero attached hydrogens (tertiary/aromatic N) is 1. The van der Waals surface area contributed by atoms with Crippen molar-refractivity contribution in [2.45, 2.75) is 6.61 Å². The van der Waals surface area contributed by atoms with E-state index in [2.05, 4.69) is 20.9 Å². The molecule has 0 aliphatic carbocycles. The van der Waals surface area contributed by atoms with Gasteiger partial charge in [-0.2, -0.15) is 0 Å². The fraction of sp³-hybridized carbons (Fsp3) is 0.0500. The van der Waals surface area contributed by atoms with Gasteiger partial charge in [-0.25, -0.2) is 0 Å². The molecular weight excluding hydrogens is 421 g/mol. The predicted octanol–water partition coefficient (Wildman–Crippen LogP) is 7.09. The topological polar surface area (TPSA) is 21.6 Å². The van der Waals surface area contributed by atoms with Gasteiger partial charge in [0.05, 0.1) is 15.7 Å². The molecule has 0 unspecified atom stereocenters. The van der Waals surface area contributed by atoms with Crippen LogP contribution in [0.2, 0.25) is 10.0 Å².